The van der Waals surface area contributed by atoms with E-state index < -0.39 is 0 Å². The molecule has 2 aromatic rings. The molecule has 4 nitrogen and oxygen atoms in total. The maximum absolute atomic E-state index is 12.7. The summed E-state index contributed by atoms with van der Waals surface area (Å²) >= 11 is 1.46. The number of rotatable bonds is 4. The van der Waals surface area contributed by atoms with Crippen LogP contribution in [0, 0.1) is 5.92 Å². The first-order valence-corrected chi connectivity index (χ1v) is 9.15. The average molecular weight is 342 g/mol. The van der Waals surface area contributed by atoms with Crippen LogP contribution in [-0.4, -0.2) is 41.8 Å². The number of benzene rings is 1. The number of hydrogen-bond acceptors (Lipinski definition) is 3. The maximum Gasteiger partial charge on any atom is 0.263 e. The fraction of sp³-hybridized carbons (Fsp3) is 0.368. The van der Waals surface area contributed by atoms with Crippen molar-refractivity contribution in [3.63, 3.8) is 0 Å². The third-order valence-corrected chi connectivity index (χ3v) is 5.29. The number of thiophene rings is 1. The Bertz CT molecular complexity index is 685. The third kappa shape index (κ3) is 3.85. The van der Waals surface area contributed by atoms with Gasteiger partial charge in [0.05, 0.1) is 10.8 Å². The van der Waals surface area contributed by atoms with E-state index in [-0.39, 0.29) is 17.7 Å². The van der Waals surface area contributed by atoms with E-state index in [1.165, 1.54) is 11.3 Å². The molecule has 1 aromatic carbocycles. The van der Waals surface area contributed by atoms with Crippen LogP contribution in [0.5, 0.6) is 0 Å². The van der Waals surface area contributed by atoms with E-state index in [9.17, 15) is 9.59 Å². The van der Waals surface area contributed by atoms with E-state index in [1.807, 2.05) is 59.8 Å². The van der Waals surface area contributed by atoms with E-state index in [2.05, 4.69) is 0 Å². The highest BCUT2D eigenvalue weighted by Gasteiger charge is 2.30. The molecule has 2 amide bonds. The number of amides is 2. The second-order valence-electron chi connectivity index (χ2n) is 6.25. The SMILES string of the molecule is CN(Cc1ccccc1)C(=O)C1CCCN(C(=O)c2cccs2)C1. The molecule has 126 valence electrons. The molecule has 1 aliphatic heterocycles. The van der Waals surface area contributed by atoms with E-state index >= 15 is 0 Å². The lowest BCUT2D eigenvalue weighted by molar-refractivity contribution is -0.136. The maximum atomic E-state index is 12.7. The monoisotopic (exact) mass is 342 g/mol. The van der Waals surface area contributed by atoms with E-state index in [1.54, 1.807) is 4.90 Å². The topological polar surface area (TPSA) is 40.6 Å². The third-order valence-electron chi connectivity index (χ3n) is 4.43. The summed E-state index contributed by atoms with van der Waals surface area (Å²) in [5.74, 6) is 0.0760. The van der Waals surface area contributed by atoms with Gasteiger partial charge in [-0.05, 0) is 29.9 Å². The Labute approximate surface area is 146 Å². The van der Waals surface area contributed by atoms with Crippen molar-refractivity contribution in [2.75, 3.05) is 20.1 Å². The number of piperidine rings is 1. The van der Waals surface area contributed by atoms with Crippen molar-refractivity contribution in [3.8, 4) is 0 Å². The first-order chi connectivity index (χ1) is 11.6. The highest BCUT2D eigenvalue weighted by Crippen LogP contribution is 2.22. The molecule has 0 bridgehead atoms. The molecule has 1 unspecified atom stereocenters. The molecule has 0 N–H and O–H groups in total. The Morgan fingerprint density at radius 2 is 2.00 bits per heavy atom. The van der Waals surface area contributed by atoms with Gasteiger partial charge in [-0.3, -0.25) is 9.59 Å². The van der Waals surface area contributed by atoms with Gasteiger partial charge in [0.25, 0.3) is 5.91 Å². The van der Waals surface area contributed by atoms with Crippen molar-refractivity contribution in [1.82, 2.24) is 9.80 Å². The van der Waals surface area contributed by atoms with Crippen LogP contribution >= 0.6 is 11.3 Å². The molecule has 5 heteroatoms. The van der Waals surface area contributed by atoms with Crippen molar-refractivity contribution in [2.45, 2.75) is 19.4 Å². The lowest BCUT2D eigenvalue weighted by atomic mass is 9.96. The van der Waals surface area contributed by atoms with Gasteiger partial charge < -0.3 is 9.80 Å². The number of carbonyl (C=O) groups excluding carboxylic acids is 2. The van der Waals surface area contributed by atoms with Crippen LogP contribution in [0.4, 0.5) is 0 Å². The minimum absolute atomic E-state index is 0.0493. The van der Waals surface area contributed by atoms with Crippen LogP contribution in [-0.2, 0) is 11.3 Å². The van der Waals surface area contributed by atoms with Gasteiger partial charge in [-0.15, -0.1) is 11.3 Å². The number of nitrogens with zero attached hydrogens (tertiary/aromatic N) is 2. The Hall–Kier alpha value is -2.14. The summed E-state index contributed by atoms with van der Waals surface area (Å²) in [5.41, 5.74) is 1.12. The van der Waals surface area contributed by atoms with Crippen LogP contribution in [0.25, 0.3) is 0 Å². The van der Waals surface area contributed by atoms with Gasteiger partial charge in [0.1, 0.15) is 0 Å². The Kier molecular flexibility index (Phi) is 5.30. The molecule has 1 fully saturated rings. The molecule has 0 saturated carbocycles. The highest BCUT2D eigenvalue weighted by molar-refractivity contribution is 7.12. The summed E-state index contributed by atoms with van der Waals surface area (Å²) in [6.07, 6.45) is 1.74. The Morgan fingerprint density at radius 1 is 1.21 bits per heavy atom. The summed E-state index contributed by atoms with van der Waals surface area (Å²) in [5, 5.41) is 1.91. The average Bonchev–Trinajstić information content (AvgIpc) is 3.16. The van der Waals surface area contributed by atoms with Crippen molar-refractivity contribution in [1.29, 1.82) is 0 Å². The quantitative estimate of drug-likeness (QED) is 0.856. The molecule has 1 atom stereocenters. The van der Waals surface area contributed by atoms with Gasteiger partial charge in [-0.1, -0.05) is 36.4 Å². The number of carbonyl (C=O) groups is 2. The number of hydrogen-bond donors (Lipinski definition) is 0. The molecule has 0 radical (unpaired) electrons. The fourth-order valence-corrected chi connectivity index (χ4v) is 3.86. The van der Waals surface area contributed by atoms with E-state index in [0.29, 0.717) is 13.1 Å². The van der Waals surface area contributed by atoms with Crippen molar-refractivity contribution in [2.24, 2.45) is 5.92 Å². The van der Waals surface area contributed by atoms with Gasteiger partial charge in [0, 0.05) is 26.7 Å². The molecule has 2 heterocycles. The summed E-state index contributed by atoms with van der Waals surface area (Å²) in [4.78, 5) is 29.6. The first kappa shape index (κ1) is 16.7. The zero-order valence-corrected chi connectivity index (χ0v) is 14.7. The zero-order valence-electron chi connectivity index (χ0n) is 13.9. The normalized spacial score (nSPS) is 17.5. The lowest BCUT2D eigenvalue weighted by Crippen LogP contribution is -2.45. The minimum Gasteiger partial charge on any atom is -0.341 e. The molecule has 1 aliphatic rings. The predicted molar refractivity (Wildman–Crippen MR) is 95.9 cm³/mol. The summed E-state index contributed by atoms with van der Waals surface area (Å²) in [6.45, 7) is 1.87. The van der Waals surface area contributed by atoms with Gasteiger partial charge in [0.15, 0.2) is 0 Å². The van der Waals surface area contributed by atoms with Gasteiger partial charge in [0.2, 0.25) is 5.91 Å². The number of likely N-dealkylation sites (tertiary alicyclic amines) is 1. The van der Waals surface area contributed by atoms with Crippen LogP contribution < -0.4 is 0 Å². The molecule has 24 heavy (non-hydrogen) atoms. The van der Waals surface area contributed by atoms with Crippen molar-refractivity contribution >= 4 is 23.2 Å². The van der Waals surface area contributed by atoms with Gasteiger partial charge in [-0.25, -0.2) is 0 Å². The standard InChI is InChI=1S/C19H22N2O2S/c1-20(13-15-7-3-2-4-8-15)18(22)16-9-5-11-21(14-16)19(23)17-10-6-12-24-17/h2-4,6-8,10,12,16H,5,9,11,13-14H2,1H3. The molecule has 1 aromatic heterocycles. The van der Waals surface area contributed by atoms with Gasteiger partial charge in [-0.2, -0.15) is 0 Å². The van der Waals surface area contributed by atoms with Gasteiger partial charge >= 0.3 is 0 Å². The second kappa shape index (κ2) is 7.62. The lowest BCUT2D eigenvalue weighted by Gasteiger charge is -2.33. The minimum atomic E-state index is -0.101. The summed E-state index contributed by atoms with van der Waals surface area (Å²) < 4.78 is 0. The first-order valence-electron chi connectivity index (χ1n) is 8.27. The molecular weight excluding hydrogens is 320 g/mol. The molecular formula is C19H22N2O2S. The largest absolute Gasteiger partial charge is 0.341 e. The smallest absolute Gasteiger partial charge is 0.263 e. The van der Waals surface area contributed by atoms with E-state index in [4.69, 9.17) is 0 Å². The molecule has 1 saturated heterocycles. The van der Waals surface area contributed by atoms with Crippen molar-refractivity contribution in [3.05, 3.63) is 58.3 Å². The van der Waals surface area contributed by atoms with Crippen LogP contribution in [0.15, 0.2) is 47.8 Å². The highest BCUT2D eigenvalue weighted by atomic mass is 32.1. The second-order valence-corrected chi connectivity index (χ2v) is 7.20. The summed E-state index contributed by atoms with van der Waals surface area (Å²) in [6, 6.07) is 13.7. The Balaban J connectivity index is 1.61. The van der Waals surface area contributed by atoms with Crippen LogP contribution in [0.1, 0.15) is 28.1 Å². The van der Waals surface area contributed by atoms with Crippen LogP contribution in [0.3, 0.4) is 0 Å². The zero-order chi connectivity index (χ0) is 16.9. The summed E-state index contributed by atoms with van der Waals surface area (Å²) in [7, 11) is 1.84. The molecule has 3 rings (SSSR count). The molecule has 0 spiro atoms. The van der Waals surface area contributed by atoms with Crippen molar-refractivity contribution < 1.29 is 9.59 Å². The predicted octanol–water partition coefficient (Wildman–Crippen LogP) is 3.26. The Morgan fingerprint density at radius 3 is 2.71 bits per heavy atom. The molecule has 0 aliphatic carbocycles. The van der Waals surface area contributed by atoms with Crippen LogP contribution in [0.2, 0.25) is 0 Å². The fourth-order valence-electron chi connectivity index (χ4n) is 3.17. The van der Waals surface area contributed by atoms with E-state index in [0.717, 1.165) is 29.8 Å².